The molecule has 1 saturated carbocycles. The van der Waals surface area contributed by atoms with Crippen LogP contribution in [-0.4, -0.2) is 34.8 Å². The lowest BCUT2D eigenvalue weighted by atomic mass is 9.65. The highest BCUT2D eigenvalue weighted by molar-refractivity contribution is 5.80. The minimum atomic E-state index is -0.345. The van der Waals surface area contributed by atoms with Crippen molar-refractivity contribution in [3.63, 3.8) is 0 Å². The molecule has 3 fully saturated rings. The zero-order valence-electron chi connectivity index (χ0n) is 16.8. The molecule has 3 heterocycles. The highest BCUT2D eigenvalue weighted by Gasteiger charge is 2.51. The molecule has 27 heavy (non-hydrogen) atoms. The van der Waals surface area contributed by atoms with E-state index in [0.29, 0.717) is 37.1 Å². The molecule has 0 radical (unpaired) electrons. The van der Waals surface area contributed by atoms with Gasteiger partial charge in [-0.2, -0.15) is 0 Å². The molecular weight excluding hydrogens is 340 g/mol. The summed E-state index contributed by atoms with van der Waals surface area (Å²) in [5, 5.41) is 3.15. The Bertz CT molecular complexity index is 726. The van der Waals surface area contributed by atoms with Gasteiger partial charge in [-0.05, 0) is 55.1 Å². The van der Waals surface area contributed by atoms with Gasteiger partial charge in [0, 0.05) is 37.4 Å². The second-order valence-electron chi connectivity index (χ2n) is 10.3. The molecule has 4 rings (SSSR count). The molecule has 2 bridgehead atoms. The molecule has 5 heteroatoms. The lowest BCUT2D eigenvalue weighted by Gasteiger charge is -2.39. The average Bonchev–Trinajstić information content (AvgIpc) is 3.24. The summed E-state index contributed by atoms with van der Waals surface area (Å²) in [5.41, 5.74) is 0.227. The Morgan fingerprint density at radius 1 is 1.33 bits per heavy atom. The molecule has 0 aromatic carbocycles. The van der Waals surface area contributed by atoms with E-state index in [0.717, 1.165) is 31.6 Å². The second kappa shape index (κ2) is 6.39. The fourth-order valence-corrected chi connectivity index (χ4v) is 6.17. The van der Waals surface area contributed by atoms with Gasteiger partial charge in [0.15, 0.2) is 0 Å². The minimum absolute atomic E-state index is 0.0836. The Morgan fingerprint density at radius 2 is 2.15 bits per heavy atom. The third-order valence-electron chi connectivity index (χ3n) is 6.88. The van der Waals surface area contributed by atoms with Crippen molar-refractivity contribution in [3.05, 3.63) is 24.2 Å². The number of nitrogens with zero attached hydrogens (tertiary/aromatic N) is 1. The van der Waals surface area contributed by atoms with Crippen LogP contribution in [0, 0.1) is 10.8 Å². The number of hydrogen-bond donors (Lipinski definition) is 1. The summed E-state index contributed by atoms with van der Waals surface area (Å²) < 4.78 is 5.51. The maximum absolute atomic E-state index is 13.1. The van der Waals surface area contributed by atoms with Crippen molar-refractivity contribution < 1.29 is 14.0 Å². The van der Waals surface area contributed by atoms with Crippen LogP contribution in [0.3, 0.4) is 0 Å². The Labute approximate surface area is 161 Å². The van der Waals surface area contributed by atoms with Crippen LogP contribution in [0.4, 0.5) is 0 Å². The van der Waals surface area contributed by atoms with Gasteiger partial charge in [0.1, 0.15) is 5.76 Å². The molecule has 0 spiro atoms. The fourth-order valence-electron chi connectivity index (χ4n) is 6.17. The first-order valence-corrected chi connectivity index (χ1v) is 10.3. The van der Waals surface area contributed by atoms with Gasteiger partial charge in [-0.1, -0.05) is 20.8 Å². The molecule has 1 N–H and O–H groups in total. The number of amides is 2. The topological polar surface area (TPSA) is 62.6 Å². The van der Waals surface area contributed by atoms with Gasteiger partial charge >= 0.3 is 0 Å². The molecule has 1 aromatic rings. The van der Waals surface area contributed by atoms with Crippen molar-refractivity contribution in [1.29, 1.82) is 0 Å². The highest BCUT2D eigenvalue weighted by Crippen LogP contribution is 2.52. The predicted molar refractivity (Wildman–Crippen MR) is 103 cm³/mol. The van der Waals surface area contributed by atoms with Gasteiger partial charge in [0.05, 0.1) is 6.26 Å². The third-order valence-corrected chi connectivity index (χ3v) is 6.88. The van der Waals surface area contributed by atoms with Crippen LogP contribution in [0.25, 0.3) is 0 Å². The maximum atomic E-state index is 13.1. The van der Waals surface area contributed by atoms with Crippen LogP contribution in [-0.2, 0) is 16.0 Å². The number of carbonyl (C=O) groups excluding carboxylic acids is 2. The van der Waals surface area contributed by atoms with E-state index in [1.807, 2.05) is 12.1 Å². The van der Waals surface area contributed by atoms with Gasteiger partial charge < -0.3 is 14.6 Å². The van der Waals surface area contributed by atoms with E-state index >= 15 is 0 Å². The summed E-state index contributed by atoms with van der Waals surface area (Å²) in [6.07, 6.45) is 8.24. The van der Waals surface area contributed by atoms with Gasteiger partial charge in [-0.15, -0.1) is 0 Å². The Balaban J connectivity index is 1.42. The van der Waals surface area contributed by atoms with Crippen molar-refractivity contribution in [1.82, 2.24) is 10.2 Å². The molecule has 1 aliphatic carbocycles. The number of fused-ring (bicyclic) bond motifs is 2. The number of rotatable bonds is 5. The van der Waals surface area contributed by atoms with Gasteiger partial charge in [0.25, 0.3) is 0 Å². The van der Waals surface area contributed by atoms with Gasteiger partial charge in [-0.25, -0.2) is 0 Å². The lowest BCUT2D eigenvalue weighted by Crippen LogP contribution is -2.45. The second-order valence-corrected chi connectivity index (χ2v) is 10.3. The molecule has 3 aliphatic rings. The smallest absolute Gasteiger partial charge is 0.222 e. The van der Waals surface area contributed by atoms with Crippen molar-refractivity contribution in [3.8, 4) is 0 Å². The Morgan fingerprint density at radius 3 is 2.81 bits per heavy atom. The monoisotopic (exact) mass is 372 g/mol. The molecule has 2 aliphatic heterocycles. The zero-order chi connectivity index (χ0) is 19.3. The van der Waals surface area contributed by atoms with Crippen LogP contribution in [0.1, 0.15) is 71.5 Å². The van der Waals surface area contributed by atoms with Gasteiger partial charge in [-0.3, -0.25) is 9.59 Å². The maximum Gasteiger partial charge on any atom is 0.222 e. The van der Waals surface area contributed by atoms with Crippen LogP contribution in [0.2, 0.25) is 0 Å². The first-order valence-electron chi connectivity index (χ1n) is 10.3. The lowest BCUT2D eigenvalue weighted by molar-refractivity contribution is -0.133. The fraction of sp³-hybridized carbons (Fsp3) is 0.727. The van der Waals surface area contributed by atoms with E-state index in [2.05, 4.69) is 31.0 Å². The largest absolute Gasteiger partial charge is 0.469 e. The van der Waals surface area contributed by atoms with E-state index in [1.54, 1.807) is 6.26 Å². The summed E-state index contributed by atoms with van der Waals surface area (Å²) >= 11 is 0. The number of nitrogens with one attached hydrogen (secondary N) is 1. The van der Waals surface area contributed by atoms with Crippen molar-refractivity contribution >= 4 is 11.8 Å². The van der Waals surface area contributed by atoms with E-state index in [1.165, 1.54) is 6.42 Å². The van der Waals surface area contributed by atoms with Crippen LogP contribution < -0.4 is 5.32 Å². The quantitative estimate of drug-likeness (QED) is 0.858. The summed E-state index contributed by atoms with van der Waals surface area (Å²) in [5.74, 6) is 1.21. The molecule has 2 saturated heterocycles. The first kappa shape index (κ1) is 18.6. The predicted octanol–water partition coefficient (Wildman–Crippen LogP) is 3.68. The molecule has 5 nitrogen and oxygen atoms in total. The molecule has 3 atom stereocenters. The highest BCUT2D eigenvalue weighted by atomic mass is 16.3. The minimum Gasteiger partial charge on any atom is -0.469 e. The van der Waals surface area contributed by atoms with Crippen LogP contribution >= 0.6 is 0 Å². The van der Waals surface area contributed by atoms with Crippen molar-refractivity contribution in [2.24, 2.45) is 10.8 Å². The normalized spacial score (nSPS) is 34.7. The summed E-state index contributed by atoms with van der Waals surface area (Å²) in [6, 6.07) is 4.20. The number of likely N-dealkylation sites (tertiary alicyclic amines) is 1. The summed E-state index contributed by atoms with van der Waals surface area (Å²) in [4.78, 5) is 27.2. The summed E-state index contributed by atoms with van der Waals surface area (Å²) in [7, 11) is 0. The van der Waals surface area contributed by atoms with Crippen molar-refractivity contribution in [2.75, 3.05) is 6.54 Å². The zero-order valence-corrected chi connectivity index (χ0v) is 16.8. The van der Waals surface area contributed by atoms with Crippen LogP contribution in [0.15, 0.2) is 22.8 Å². The van der Waals surface area contributed by atoms with Gasteiger partial charge in [0.2, 0.25) is 11.8 Å². The average molecular weight is 373 g/mol. The summed E-state index contributed by atoms with van der Waals surface area (Å²) in [6.45, 7) is 7.89. The number of hydrogen-bond acceptors (Lipinski definition) is 3. The Kier molecular flexibility index (Phi) is 4.39. The van der Waals surface area contributed by atoms with E-state index in [4.69, 9.17) is 4.42 Å². The van der Waals surface area contributed by atoms with E-state index in [9.17, 15) is 9.59 Å². The molecule has 148 valence electrons. The molecular formula is C22H32N2O3. The number of carbonyl (C=O) groups is 2. The molecule has 0 unspecified atom stereocenters. The number of furan rings is 1. The first-order chi connectivity index (χ1) is 12.7. The van der Waals surface area contributed by atoms with Crippen molar-refractivity contribution in [2.45, 2.75) is 83.7 Å². The standard InChI is InChI=1S/C22H32N2O3/c1-20(2)11-16-12-21(3,14-20)15-24(16)19(26)7-9-22(8-6-18(25)23-22)13-17-5-4-10-27-17/h4-5,10,16H,6-9,11-15H2,1-3H3,(H,23,25)/t16-,21-,22+/m0/s1. The SMILES string of the molecule is CC1(C)C[C@H]2C[C@](C)(CN2C(=O)CC[C@@]2(Cc3ccco3)CCC(=O)N2)C1. The molecule has 1 aromatic heterocycles. The third kappa shape index (κ3) is 3.78. The van der Waals surface area contributed by atoms with E-state index < -0.39 is 0 Å². The Hall–Kier alpha value is -1.78. The molecule has 2 amide bonds. The van der Waals surface area contributed by atoms with E-state index in [-0.39, 0.29) is 22.8 Å². The van der Waals surface area contributed by atoms with Crippen LogP contribution in [0.5, 0.6) is 0 Å².